The Morgan fingerprint density at radius 1 is 1.53 bits per heavy atom. The van der Waals surface area contributed by atoms with Crippen LogP contribution in [0.25, 0.3) is 0 Å². The molecule has 1 aromatic heterocycles. The van der Waals surface area contributed by atoms with Crippen molar-refractivity contribution in [3.63, 3.8) is 0 Å². The SMILES string of the molecule is O=S(=O)(NCC(F)(F)CO)c1cnccc1Cl. The van der Waals surface area contributed by atoms with Crippen LogP contribution in [0.2, 0.25) is 5.02 Å². The quantitative estimate of drug-likeness (QED) is 0.832. The van der Waals surface area contributed by atoms with Gasteiger partial charge in [-0.15, -0.1) is 0 Å². The highest BCUT2D eigenvalue weighted by Gasteiger charge is 2.30. The first-order chi connectivity index (χ1) is 7.78. The third-order valence-electron chi connectivity index (χ3n) is 1.78. The summed E-state index contributed by atoms with van der Waals surface area (Å²) in [7, 11) is -4.17. The summed E-state index contributed by atoms with van der Waals surface area (Å²) in [5, 5.41) is 8.17. The van der Waals surface area contributed by atoms with E-state index < -0.39 is 34.0 Å². The number of alkyl halides is 2. The van der Waals surface area contributed by atoms with Gasteiger partial charge in [-0.05, 0) is 6.07 Å². The lowest BCUT2D eigenvalue weighted by Gasteiger charge is -2.14. The summed E-state index contributed by atoms with van der Waals surface area (Å²) in [5.74, 6) is -3.53. The molecule has 2 N–H and O–H groups in total. The summed E-state index contributed by atoms with van der Waals surface area (Å²) in [4.78, 5) is 3.14. The van der Waals surface area contributed by atoms with Crippen molar-refractivity contribution in [1.29, 1.82) is 0 Å². The third kappa shape index (κ3) is 3.84. The first-order valence-corrected chi connectivity index (χ1v) is 6.22. The van der Waals surface area contributed by atoms with Gasteiger partial charge in [0.1, 0.15) is 11.5 Å². The Morgan fingerprint density at radius 3 is 2.71 bits per heavy atom. The zero-order chi connectivity index (χ0) is 13.1. The average Bonchev–Trinajstić information content (AvgIpc) is 2.27. The lowest BCUT2D eigenvalue weighted by atomic mass is 10.4. The van der Waals surface area contributed by atoms with Crippen molar-refractivity contribution >= 4 is 21.6 Å². The van der Waals surface area contributed by atoms with Crippen LogP contribution in [0.5, 0.6) is 0 Å². The van der Waals surface area contributed by atoms with Crippen LogP contribution >= 0.6 is 11.6 Å². The number of nitrogens with one attached hydrogen (secondary N) is 1. The molecule has 0 spiro atoms. The van der Waals surface area contributed by atoms with E-state index in [0.29, 0.717) is 0 Å². The van der Waals surface area contributed by atoms with Crippen molar-refractivity contribution in [3.05, 3.63) is 23.5 Å². The van der Waals surface area contributed by atoms with Crippen molar-refractivity contribution in [2.75, 3.05) is 13.2 Å². The van der Waals surface area contributed by atoms with Crippen molar-refractivity contribution in [2.45, 2.75) is 10.8 Å². The molecule has 0 aromatic carbocycles. The van der Waals surface area contributed by atoms with Crippen LogP contribution in [-0.2, 0) is 10.0 Å². The predicted molar refractivity (Wildman–Crippen MR) is 56.5 cm³/mol. The molecule has 96 valence electrons. The van der Waals surface area contributed by atoms with Gasteiger partial charge >= 0.3 is 0 Å². The standard InChI is InChI=1S/C8H9ClF2N2O3S/c9-6-1-2-12-3-7(6)17(15,16)13-4-8(10,11)5-14/h1-3,13-14H,4-5H2. The molecular formula is C8H9ClF2N2O3S. The number of halogens is 3. The summed E-state index contributed by atoms with van der Waals surface area (Å²) < 4.78 is 50.1. The molecule has 1 heterocycles. The number of hydrogen-bond donors (Lipinski definition) is 2. The molecule has 0 aliphatic rings. The summed E-state index contributed by atoms with van der Waals surface area (Å²) in [6, 6.07) is 1.22. The number of sulfonamides is 1. The van der Waals surface area contributed by atoms with Crippen LogP contribution in [0.3, 0.4) is 0 Å². The van der Waals surface area contributed by atoms with Gasteiger partial charge in [0.15, 0.2) is 0 Å². The summed E-state index contributed by atoms with van der Waals surface area (Å²) in [5.41, 5.74) is 0. The van der Waals surface area contributed by atoms with E-state index in [-0.39, 0.29) is 5.02 Å². The highest BCUT2D eigenvalue weighted by atomic mass is 35.5. The van der Waals surface area contributed by atoms with Crippen molar-refractivity contribution in [1.82, 2.24) is 9.71 Å². The van der Waals surface area contributed by atoms with Gasteiger partial charge in [0.2, 0.25) is 10.0 Å². The minimum Gasteiger partial charge on any atom is -0.390 e. The molecule has 0 saturated heterocycles. The monoisotopic (exact) mass is 286 g/mol. The second-order valence-corrected chi connectivity index (χ2v) is 5.29. The van der Waals surface area contributed by atoms with Crippen molar-refractivity contribution in [2.24, 2.45) is 0 Å². The third-order valence-corrected chi connectivity index (χ3v) is 3.65. The number of aliphatic hydroxyl groups is 1. The predicted octanol–water partition coefficient (Wildman–Crippen LogP) is 0.641. The molecule has 1 rings (SSSR count). The Morgan fingerprint density at radius 2 is 2.18 bits per heavy atom. The maximum absolute atomic E-state index is 12.7. The molecule has 0 saturated carbocycles. The summed E-state index contributed by atoms with van der Waals surface area (Å²) in [6.45, 7) is -2.66. The van der Waals surface area contributed by atoms with Gasteiger partial charge < -0.3 is 5.11 Å². The van der Waals surface area contributed by atoms with Gasteiger partial charge in [0.05, 0.1) is 11.6 Å². The van der Waals surface area contributed by atoms with Crippen LogP contribution in [0.1, 0.15) is 0 Å². The highest BCUT2D eigenvalue weighted by molar-refractivity contribution is 7.89. The fourth-order valence-corrected chi connectivity index (χ4v) is 2.39. The minimum absolute atomic E-state index is 0.125. The smallest absolute Gasteiger partial charge is 0.283 e. The Labute approximate surface area is 101 Å². The lowest BCUT2D eigenvalue weighted by molar-refractivity contribution is -0.0437. The normalized spacial score (nSPS) is 12.7. The molecular weight excluding hydrogens is 278 g/mol. The number of aromatic nitrogens is 1. The molecule has 5 nitrogen and oxygen atoms in total. The van der Waals surface area contributed by atoms with Gasteiger partial charge in [-0.2, -0.15) is 0 Å². The number of aliphatic hydroxyl groups excluding tert-OH is 1. The van der Waals surface area contributed by atoms with Gasteiger partial charge in [-0.3, -0.25) is 4.98 Å². The molecule has 17 heavy (non-hydrogen) atoms. The van der Waals surface area contributed by atoms with Crippen LogP contribution in [0.15, 0.2) is 23.4 Å². The molecule has 0 radical (unpaired) electrons. The first kappa shape index (κ1) is 14.2. The fourth-order valence-electron chi connectivity index (χ4n) is 0.895. The van der Waals surface area contributed by atoms with Gasteiger partial charge in [0.25, 0.3) is 5.92 Å². The topological polar surface area (TPSA) is 79.3 Å². The number of hydrogen-bond acceptors (Lipinski definition) is 4. The molecule has 0 aliphatic heterocycles. The van der Waals surface area contributed by atoms with Crippen LogP contribution in [0.4, 0.5) is 8.78 Å². The summed E-state index contributed by atoms with van der Waals surface area (Å²) >= 11 is 5.60. The van der Waals surface area contributed by atoms with Crippen LogP contribution in [-0.4, -0.2) is 37.6 Å². The molecule has 0 atom stereocenters. The van der Waals surface area contributed by atoms with Crippen molar-refractivity contribution < 1.29 is 22.3 Å². The fraction of sp³-hybridized carbons (Fsp3) is 0.375. The average molecular weight is 287 g/mol. The zero-order valence-corrected chi connectivity index (χ0v) is 9.97. The second-order valence-electron chi connectivity index (χ2n) is 3.14. The molecule has 0 bridgehead atoms. The second kappa shape index (κ2) is 5.21. The number of nitrogens with zero attached hydrogens (tertiary/aromatic N) is 1. The Bertz CT molecular complexity index is 495. The molecule has 1 aromatic rings. The maximum atomic E-state index is 12.7. The van der Waals surface area contributed by atoms with E-state index >= 15 is 0 Å². The Hall–Kier alpha value is -0.830. The van der Waals surface area contributed by atoms with Gasteiger partial charge in [-0.25, -0.2) is 21.9 Å². The van der Waals surface area contributed by atoms with Crippen LogP contribution < -0.4 is 4.72 Å². The molecule has 0 unspecified atom stereocenters. The molecule has 0 amide bonds. The van der Waals surface area contributed by atoms with E-state index in [4.69, 9.17) is 16.7 Å². The lowest BCUT2D eigenvalue weighted by Crippen LogP contribution is -2.39. The molecule has 0 fully saturated rings. The van der Waals surface area contributed by atoms with Gasteiger partial charge in [0, 0.05) is 12.4 Å². The van der Waals surface area contributed by atoms with E-state index in [9.17, 15) is 17.2 Å². The molecule has 9 heteroatoms. The van der Waals surface area contributed by atoms with E-state index in [2.05, 4.69) is 4.98 Å². The first-order valence-electron chi connectivity index (χ1n) is 4.36. The Kier molecular flexibility index (Phi) is 4.36. The zero-order valence-electron chi connectivity index (χ0n) is 8.40. The summed E-state index contributed by atoms with van der Waals surface area (Å²) in [6.07, 6.45) is 2.21. The van der Waals surface area contributed by atoms with Crippen LogP contribution in [0, 0.1) is 0 Å². The van der Waals surface area contributed by atoms with E-state index in [1.807, 2.05) is 0 Å². The Balaban J connectivity index is 2.88. The minimum atomic E-state index is -4.17. The van der Waals surface area contributed by atoms with E-state index in [1.165, 1.54) is 12.3 Å². The maximum Gasteiger partial charge on any atom is 0.283 e. The number of pyridine rings is 1. The number of rotatable bonds is 5. The van der Waals surface area contributed by atoms with Crippen molar-refractivity contribution in [3.8, 4) is 0 Å². The van der Waals surface area contributed by atoms with E-state index in [1.54, 1.807) is 4.72 Å². The molecule has 0 aliphatic carbocycles. The largest absolute Gasteiger partial charge is 0.390 e. The van der Waals surface area contributed by atoms with Gasteiger partial charge in [-0.1, -0.05) is 11.6 Å². The highest BCUT2D eigenvalue weighted by Crippen LogP contribution is 2.20. The van der Waals surface area contributed by atoms with E-state index in [0.717, 1.165) is 6.20 Å².